The van der Waals surface area contributed by atoms with Gasteiger partial charge in [-0.25, -0.2) is 0 Å². The summed E-state index contributed by atoms with van der Waals surface area (Å²) in [5.41, 5.74) is 2.38. The molecule has 0 N–H and O–H groups in total. The van der Waals surface area contributed by atoms with E-state index in [-0.39, 0.29) is 11.8 Å². The Hall–Kier alpha value is -1.31. The van der Waals surface area contributed by atoms with Gasteiger partial charge in [-0.15, -0.1) is 0 Å². The smallest absolute Gasteiger partial charge is 0.139 e. The number of carbonyl (C=O) groups excluding carboxylic acids is 1. The molecule has 0 amide bonds. The van der Waals surface area contributed by atoms with E-state index in [1.807, 2.05) is 48.5 Å². The molecule has 0 spiro atoms. The highest BCUT2D eigenvalue weighted by atomic mass is 35.5. The molecule has 0 saturated heterocycles. The van der Waals surface area contributed by atoms with Crippen LogP contribution in [-0.4, -0.2) is 5.78 Å². The van der Waals surface area contributed by atoms with E-state index in [2.05, 4.69) is 0 Å². The number of hydrogen-bond acceptors (Lipinski definition) is 1. The Morgan fingerprint density at radius 2 is 1.09 bits per heavy atom. The van der Waals surface area contributed by atoms with E-state index in [4.69, 9.17) is 23.2 Å². The Balaban J connectivity index is 1.62. The second-order valence-corrected chi connectivity index (χ2v) is 6.91. The molecule has 1 aliphatic rings. The molecule has 114 valence electrons. The first-order valence-electron chi connectivity index (χ1n) is 7.64. The van der Waals surface area contributed by atoms with E-state index < -0.39 is 0 Å². The van der Waals surface area contributed by atoms with Gasteiger partial charge in [0, 0.05) is 21.9 Å². The topological polar surface area (TPSA) is 17.1 Å². The number of ketones is 1. The van der Waals surface area contributed by atoms with Crippen molar-refractivity contribution in [3.05, 3.63) is 69.7 Å². The molecule has 0 heterocycles. The Bertz CT molecular complexity index is 589. The maximum absolute atomic E-state index is 12.6. The number of benzene rings is 2. The van der Waals surface area contributed by atoms with Crippen LogP contribution < -0.4 is 0 Å². The van der Waals surface area contributed by atoms with Gasteiger partial charge in [-0.1, -0.05) is 47.5 Å². The lowest BCUT2D eigenvalue weighted by Gasteiger charge is -2.11. The third kappa shape index (κ3) is 3.71. The van der Waals surface area contributed by atoms with Gasteiger partial charge in [0.1, 0.15) is 5.78 Å². The van der Waals surface area contributed by atoms with Crippen LogP contribution in [0.5, 0.6) is 0 Å². The van der Waals surface area contributed by atoms with E-state index >= 15 is 0 Å². The lowest BCUT2D eigenvalue weighted by atomic mass is 9.92. The largest absolute Gasteiger partial charge is 0.299 e. The number of rotatable bonds is 4. The van der Waals surface area contributed by atoms with Crippen LogP contribution >= 0.6 is 23.2 Å². The molecule has 0 aromatic heterocycles. The summed E-state index contributed by atoms with van der Waals surface area (Å²) in [5.74, 6) is 0.710. The van der Waals surface area contributed by atoms with Gasteiger partial charge in [-0.05, 0) is 61.1 Å². The molecule has 3 heteroatoms. The van der Waals surface area contributed by atoms with E-state index in [1.54, 1.807) is 0 Å². The molecular weight excluding hydrogens is 315 g/mol. The second-order valence-electron chi connectivity index (χ2n) is 6.03. The molecule has 0 unspecified atom stereocenters. The van der Waals surface area contributed by atoms with E-state index in [0.29, 0.717) is 5.78 Å². The van der Waals surface area contributed by atoms with Crippen molar-refractivity contribution in [3.63, 3.8) is 0 Å². The molecule has 2 aromatic carbocycles. The molecule has 1 aliphatic carbocycles. The van der Waals surface area contributed by atoms with Crippen molar-refractivity contribution in [1.29, 1.82) is 0 Å². The summed E-state index contributed by atoms with van der Waals surface area (Å²) in [5, 5.41) is 1.48. The third-order valence-corrected chi connectivity index (χ3v) is 4.96. The fourth-order valence-electron chi connectivity index (χ4n) is 3.24. The summed E-state index contributed by atoms with van der Waals surface area (Å²) in [6.07, 6.45) is 3.62. The van der Waals surface area contributed by atoms with Crippen LogP contribution in [0.15, 0.2) is 48.5 Å². The molecule has 22 heavy (non-hydrogen) atoms. The summed E-state index contributed by atoms with van der Waals surface area (Å²) in [7, 11) is 0. The lowest BCUT2D eigenvalue weighted by Crippen LogP contribution is -2.17. The quantitative estimate of drug-likeness (QED) is 0.735. The van der Waals surface area contributed by atoms with Crippen molar-refractivity contribution in [1.82, 2.24) is 0 Å². The summed E-state index contributed by atoms with van der Waals surface area (Å²) in [4.78, 5) is 12.6. The number of carbonyl (C=O) groups is 1. The Labute approximate surface area is 141 Å². The molecule has 0 aliphatic heterocycles. The molecule has 1 fully saturated rings. The number of Topliss-reactive ketones (excluding diaryl/α,β-unsaturated/α-hetero) is 1. The molecule has 3 rings (SSSR count). The second kappa shape index (κ2) is 6.85. The Kier molecular flexibility index (Phi) is 4.85. The van der Waals surface area contributed by atoms with E-state index in [9.17, 15) is 4.79 Å². The van der Waals surface area contributed by atoms with Gasteiger partial charge in [0.05, 0.1) is 0 Å². The minimum Gasteiger partial charge on any atom is -0.299 e. The monoisotopic (exact) mass is 332 g/mol. The van der Waals surface area contributed by atoms with Crippen LogP contribution in [0.25, 0.3) is 0 Å². The van der Waals surface area contributed by atoms with Crippen LogP contribution in [0.2, 0.25) is 10.0 Å². The number of hydrogen-bond donors (Lipinski definition) is 0. The van der Waals surface area contributed by atoms with Crippen molar-refractivity contribution in [2.45, 2.75) is 25.7 Å². The van der Waals surface area contributed by atoms with Gasteiger partial charge in [-0.3, -0.25) is 4.79 Å². The van der Waals surface area contributed by atoms with Crippen molar-refractivity contribution >= 4 is 29.0 Å². The van der Waals surface area contributed by atoms with Crippen LogP contribution in [0.1, 0.15) is 24.0 Å². The van der Waals surface area contributed by atoms with Gasteiger partial charge in [0.15, 0.2) is 0 Å². The minimum absolute atomic E-state index is 0.151. The minimum atomic E-state index is 0.151. The van der Waals surface area contributed by atoms with Gasteiger partial charge in [0.2, 0.25) is 0 Å². The fraction of sp³-hybridized carbons (Fsp3) is 0.316. The van der Waals surface area contributed by atoms with Crippen molar-refractivity contribution in [2.24, 2.45) is 11.8 Å². The standard InChI is InChI=1S/C19H18Cl2O/c20-17-7-1-13(2-8-17)11-15-5-6-16(19(15)22)12-14-3-9-18(21)10-4-14/h1-4,7-10,15-16H,5-6,11-12H2/t15-,16-/m0/s1. The van der Waals surface area contributed by atoms with Gasteiger partial charge in [0.25, 0.3) is 0 Å². The molecular formula is C19H18Cl2O. The Morgan fingerprint density at radius 3 is 1.45 bits per heavy atom. The first-order chi connectivity index (χ1) is 10.6. The average molecular weight is 333 g/mol. The predicted octanol–water partition coefficient (Wildman–Crippen LogP) is 5.37. The molecule has 1 saturated carbocycles. The maximum Gasteiger partial charge on any atom is 0.139 e. The SMILES string of the molecule is O=C1[C@H](Cc2ccc(Cl)cc2)CC[C@H]1Cc1ccc(Cl)cc1. The van der Waals surface area contributed by atoms with Gasteiger partial charge >= 0.3 is 0 Å². The van der Waals surface area contributed by atoms with Gasteiger partial charge in [-0.2, -0.15) is 0 Å². The lowest BCUT2D eigenvalue weighted by molar-refractivity contribution is -0.123. The van der Waals surface area contributed by atoms with Crippen LogP contribution in [-0.2, 0) is 17.6 Å². The van der Waals surface area contributed by atoms with Crippen molar-refractivity contribution in [3.8, 4) is 0 Å². The zero-order valence-corrected chi connectivity index (χ0v) is 13.8. The predicted molar refractivity (Wildman–Crippen MR) is 91.5 cm³/mol. The van der Waals surface area contributed by atoms with Crippen LogP contribution in [0, 0.1) is 11.8 Å². The molecule has 2 atom stereocenters. The van der Waals surface area contributed by atoms with Crippen LogP contribution in [0.3, 0.4) is 0 Å². The molecule has 2 aromatic rings. The van der Waals surface area contributed by atoms with Crippen molar-refractivity contribution in [2.75, 3.05) is 0 Å². The first-order valence-corrected chi connectivity index (χ1v) is 8.40. The molecule has 0 bridgehead atoms. The third-order valence-electron chi connectivity index (χ3n) is 4.46. The number of halogens is 2. The first kappa shape index (κ1) is 15.6. The normalized spacial score (nSPS) is 21.3. The van der Waals surface area contributed by atoms with Crippen molar-refractivity contribution < 1.29 is 4.79 Å². The highest BCUT2D eigenvalue weighted by Crippen LogP contribution is 2.32. The van der Waals surface area contributed by atoms with Crippen LogP contribution in [0.4, 0.5) is 0 Å². The summed E-state index contributed by atoms with van der Waals surface area (Å²) in [6, 6.07) is 15.6. The highest BCUT2D eigenvalue weighted by molar-refractivity contribution is 6.30. The summed E-state index contributed by atoms with van der Waals surface area (Å²) >= 11 is 11.8. The van der Waals surface area contributed by atoms with E-state index in [1.165, 1.54) is 11.1 Å². The Morgan fingerprint density at radius 1 is 0.727 bits per heavy atom. The highest BCUT2D eigenvalue weighted by Gasteiger charge is 2.33. The average Bonchev–Trinajstić information content (AvgIpc) is 2.85. The zero-order chi connectivity index (χ0) is 15.5. The maximum atomic E-state index is 12.6. The van der Waals surface area contributed by atoms with E-state index in [0.717, 1.165) is 35.7 Å². The fourth-order valence-corrected chi connectivity index (χ4v) is 3.49. The van der Waals surface area contributed by atoms with Gasteiger partial charge < -0.3 is 0 Å². The summed E-state index contributed by atoms with van der Waals surface area (Å²) < 4.78 is 0. The zero-order valence-electron chi connectivity index (χ0n) is 12.3. The molecule has 1 nitrogen and oxygen atoms in total. The molecule has 0 radical (unpaired) electrons. The summed E-state index contributed by atoms with van der Waals surface area (Å²) in [6.45, 7) is 0.